The third-order valence-electron chi connectivity index (χ3n) is 5.54. The summed E-state index contributed by atoms with van der Waals surface area (Å²) in [7, 11) is 0. The van der Waals surface area contributed by atoms with E-state index in [0.717, 1.165) is 12.1 Å². The lowest BCUT2D eigenvalue weighted by molar-refractivity contribution is -0.137. The van der Waals surface area contributed by atoms with Crippen LogP contribution in [0.3, 0.4) is 0 Å². The smallest absolute Gasteiger partial charge is 0.416 e. The minimum absolute atomic E-state index is 0.0173. The fourth-order valence-electron chi connectivity index (χ4n) is 3.88. The van der Waals surface area contributed by atoms with Crippen LogP contribution in [0, 0.1) is 0 Å². The van der Waals surface area contributed by atoms with E-state index >= 15 is 0 Å². The molecular weight excluding hydrogens is 507 g/mol. The monoisotopic (exact) mass is 528 g/mol. The highest BCUT2D eigenvalue weighted by Gasteiger charge is 2.31. The van der Waals surface area contributed by atoms with E-state index < -0.39 is 30.2 Å². The van der Waals surface area contributed by atoms with E-state index in [-0.39, 0.29) is 73.3 Å². The summed E-state index contributed by atoms with van der Waals surface area (Å²) in [5.74, 6) is -1.79. The van der Waals surface area contributed by atoms with Crippen LogP contribution in [0.15, 0.2) is 36.4 Å². The normalized spacial score (nSPS) is 14.5. The van der Waals surface area contributed by atoms with Crippen LogP contribution in [0.2, 0.25) is 0 Å². The largest absolute Gasteiger partial charge is 0.433 e. The van der Waals surface area contributed by atoms with Gasteiger partial charge in [0.2, 0.25) is 5.95 Å². The summed E-state index contributed by atoms with van der Waals surface area (Å²) in [5.41, 5.74) is -0.857. The standard InChI is InChI=1S/C23H21F5N4O5/c24-21(25)37-18-11-16-15(10-17(18)31-6-8-36-12-19(31)34)29-22(32(16)5-2-7-33)30-20(35)13-3-1-4-14(9-13)23(26,27)28/h1,3-4,9-11,21,33H,2,5-8,12H2,(H,29,30,35). The molecular formula is C23H21F5N4O5. The number of amides is 2. The predicted molar refractivity (Wildman–Crippen MR) is 121 cm³/mol. The molecule has 2 N–H and O–H groups in total. The zero-order valence-corrected chi connectivity index (χ0v) is 19.1. The summed E-state index contributed by atoms with van der Waals surface area (Å²) in [5, 5.41) is 11.8. The Morgan fingerprint density at radius 2 is 2.03 bits per heavy atom. The van der Waals surface area contributed by atoms with E-state index in [1.165, 1.54) is 27.7 Å². The summed E-state index contributed by atoms with van der Waals surface area (Å²) < 4.78 is 76.8. The Bertz CT molecular complexity index is 1310. The minimum Gasteiger partial charge on any atom is -0.433 e. The summed E-state index contributed by atoms with van der Waals surface area (Å²) >= 11 is 0. The molecule has 1 saturated heterocycles. The zero-order valence-electron chi connectivity index (χ0n) is 19.1. The second-order valence-corrected chi connectivity index (χ2v) is 7.98. The highest BCUT2D eigenvalue weighted by Crippen LogP contribution is 2.36. The van der Waals surface area contributed by atoms with Crippen LogP contribution in [0.25, 0.3) is 11.0 Å². The maximum absolute atomic E-state index is 13.2. The third-order valence-corrected chi connectivity index (χ3v) is 5.54. The van der Waals surface area contributed by atoms with Gasteiger partial charge in [-0.3, -0.25) is 14.9 Å². The average Bonchev–Trinajstić information content (AvgIpc) is 3.17. The van der Waals surface area contributed by atoms with Crippen molar-refractivity contribution in [2.45, 2.75) is 25.8 Å². The maximum atomic E-state index is 13.2. The molecule has 4 rings (SSSR count). The number of imidazole rings is 1. The van der Waals surface area contributed by atoms with Gasteiger partial charge in [0.15, 0.2) is 5.75 Å². The number of rotatable bonds is 8. The van der Waals surface area contributed by atoms with E-state index in [9.17, 15) is 36.6 Å². The number of benzene rings is 2. The van der Waals surface area contributed by atoms with Crippen LogP contribution >= 0.6 is 0 Å². The number of aliphatic hydroxyl groups is 1. The molecule has 0 aliphatic carbocycles. The van der Waals surface area contributed by atoms with Gasteiger partial charge >= 0.3 is 12.8 Å². The van der Waals surface area contributed by atoms with E-state index in [0.29, 0.717) is 6.07 Å². The molecule has 2 amide bonds. The second kappa shape index (κ2) is 10.7. The van der Waals surface area contributed by atoms with Crippen molar-refractivity contribution in [1.29, 1.82) is 0 Å². The third kappa shape index (κ3) is 5.80. The minimum atomic E-state index is -4.65. The first-order valence-corrected chi connectivity index (χ1v) is 11.0. The summed E-state index contributed by atoms with van der Waals surface area (Å²) in [6.45, 7) is -3.39. The van der Waals surface area contributed by atoms with E-state index in [1.54, 1.807) is 0 Å². The highest BCUT2D eigenvalue weighted by molar-refractivity contribution is 6.05. The fraction of sp³-hybridized carbons (Fsp3) is 0.348. The molecule has 0 bridgehead atoms. The van der Waals surface area contributed by atoms with Gasteiger partial charge in [-0.1, -0.05) is 6.07 Å². The average molecular weight is 528 g/mol. The number of aryl methyl sites for hydroxylation is 1. The van der Waals surface area contributed by atoms with Crippen molar-refractivity contribution in [2.75, 3.05) is 36.6 Å². The molecule has 198 valence electrons. The van der Waals surface area contributed by atoms with Crippen molar-refractivity contribution in [1.82, 2.24) is 9.55 Å². The number of carbonyl (C=O) groups excluding carboxylic acids is 2. The first-order valence-electron chi connectivity index (χ1n) is 11.0. The number of carbonyl (C=O) groups is 2. The van der Waals surface area contributed by atoms with Crippen LogP contribution in [-0.4, -0.2) is 59.4 Å². The van der Waals surface area contributed by atoms with Gasteiger partial charge in [0.25, 0.3) is 11.8 Å². The van der Waals surface area contributed by atoms with Crippen molar-refractivity contribution in [2.24, 2.45) is 0 Å². The Morgan fingerprint density at radius 1 is 1.24 bits per heavy atom. The zero-order chi connectivity index (χ0) is 26.7. The molecule has 0 unspecified atom stereocenters. The number of hydrogen-bond donors (Lipinski definition) is 2. The molecule has 1 aliphatic heterocycles. The number of ether oxygens (including phenoxy) is 2. The fourth-order valence-corrected chi connectivity index (χ4v) is 3.88. The van der Waals surface area contributed by atoms with E-state index in [2.05, 4.69) is 15.0 Å². The van der Waals surface area contributed by atoms with Gasteiger partial charge < -0.3 is 24.0 Å². The topological polar surface area (TPSA) is 106 Å². The molecule has 0 radical (unpaired) electrons. The van der Waals surface area contributed by atoms with Gasteiger partial charge in [-0.2, -0.15) is 22.0 Å². The maximum Gasteiger partial charge on any atom is 0.416 e. The Labute approximate surface area is 206 Å². The Kier molecular flexibility index (Phi) is 7.59. The van der Waals surface area contributed by atoms with E-state index in [4.69, 9.17) is 4.74 Å². The Morgan fingerprint density at radius 3 is 2.70 bits per heavy atom. The van der Waals surface area contributed by atoms with Gasteiger partial charge in [0.1, 0.15) is 6.61 Å². The van der Waals surface area contributed by atoms with Crippen molar-refractivity contribution < 1.29 is 46.1 Å². The van der Waals surface area contributed by atoms with Gasteiger partial charge in [0.05, 0.1) is 28.9 Å². The summed E-state index contributed by atoms with van der Waals surface area (Å²) in [6, 6.07) is 6.36. The van der Waals surface area contributed by atoms with Crippen LogP contribution in [0.5, 0.6) is 5.75 Å². The molecule has 14 heteroatoms. The summed E-state index contributed by atoms with van der Waals surface area (Å²) in [6.07, 6.45) is -4.47. The van der Waals surface area contributed by atoms with Gasteiger partial charge in [-0.15, -0.1) is 0 Å². The molecule has 0 saturated carbocycles. The van der Waals surface area contributed by atoms with Gasteiger partial charge in [-0.25, -0.2) is 4.98 Å². The second-order valence-electron chi connectivity index (χ2n) is 7.98. The molecule has 37 heavy (non-hydrogen) atoms. The van der Waals surface area contributed by atoms with Crippen LogP contribution < -0.4 is 15.0 Å². The summed E-state index contributed by atoms with van der Waals surface area (Å²) in [4.78, 5) is 30.7. The SMILES string of the molecule is O=C(Nc1nc2cc(N3CCOCC3=O)c(OC(F)F)cc2n1CCCO)c1cccc(C(F)(F)F)c1. The number of fused-ring (bicyclic) bond motifs is 1. The molecule has 2 heterocycles. The number of nitrogens with zero attached hydrogens (tertiary/aromatic N) is 3. The lowest BCUT2D eigenvalue weighted by Crippen LogP contribution is -2.41. The van der Waals surface area contributed by atoms with Gasteiger partial charge in [-0.05, 0) is 30.7 Å². The molecule has 1 fully saturated rings. The van der Waals surface area contributed by atoms with Gasteiger partial charge in [0, 0.05) is 31.3 Å². The van der Waals surface area contributed by atoms with E-state index in [1.807, 2.05) is 0 Å². The lowest BCUT2D eigenvalue weighted by Gasteiger charge is -2.28. The molecule has 1 aromatic heterocycles. The Hall–Kier alpha value is -3.78. The number of nitrogens with one attached hydrogen (secondary N) is 1. The van der Waals surface area contributed by atoms with Crippen LogP contribution in [0.4, 0.5) is 33.6 Å². The Balaban J connectivity index is 1.77. The molecule has 0 atom stereocenters. The number of hydrogen-bond acceptors (Lipinski definition) is 6. The number of aromatic nitrogens is 2. The first-order chi connectivity index (χ1) is 17.6. The number of alkyl halides is 5. The quantitative estimate of drug-likeness (QED) is 0.433. The number of anilines is 2. The number of halogens is 5. The van der Waals surface area contributed by atoms with Crippen molar-refractivity contribution >= 4 is 34.5 Å². The van der Waals surface area contributed by atoms with Crippen LogP contribution in [-0.2, 0) is 22.3 Å². The van der Waals surface area contributed by atoms with Crippen molar-refractivity contribution in [3.63, 3.8) is 0 Å². The molecule has 2 aromatic carbocycles. The van der Waals surface area contributed by atoms with Crippen LogP contribution in [0.1, 0.15) is 22.3 Å². The molecule has 1 aliphatic rings. The van der Waals surface area contributed by atoms with Crippen molar-refractivity contribution in [3.05, 3.63) is 47.5 Å². The highest BCUT2D eigenvalue weighted by atomic mass is 19.4. The van der Waals surface area contributed by atoms with Crippen molar-refractivity contribution in [3.8, 4) is 5.75 Å². The molecule has 9 nitrogen and oxygen atoms in total. The predicted octanol–water partition coefficient (Wildman–Crippen LogP) is 3.65. The molecule has 3 aromatic rings. The number of morpholine rings is 1. The first kappa shape index (κ1) is 26.3. The number of aliphatic hydroxyl groups excluding tert-OH is 1. The lowest BCUT2D eigenvalue weighted by atomic mass is 10.1. The molecule has 0 spiro atoms.